The van der Waals surface area contributed by atoms with Crippen LogP contribution < -0.4 is 15.2 Å². The molecule has 0 spiro atoms. The molecule has 0 aliphatic heterocycles. The molecule has 0 aliphatic rings. The van der Waals surface area contributed by atoms with Gasteiger partial charge in [-0.15, -0.1) is 11.3 Å². The van der Waals surface area contributed by atoms with Gasteiger partial charge in [0, 0.05) is 10.9 Å². The Labute approximate surface area is 166 Å². The van der Waals surface area contributed by atoms with Crippen LogP contribution in [0.2, 0.25) is 5.02 Å². The highest BCUT2D eigenvalue weighted by atomic mass is 35.5. The number of hydrogen-bond donors (Lipinski definition) is 3. The number of carbonyl (C=O) groups is 1. The lowest BCUT2D eigenvalue weighted by Gasteiger charge is -2.12. The van der Waals surface area contributed by atoms with Crippen LogP contribution in [-0.2, 0) is 26.6 Å². The maximum absolute atomic E-state index is 12.4. The number of rotatable bonds is 7. The highest BCUT2D eigenvalue weighted by Gasteiger charge is 2.20. The molecule has 0 fully saturated rings. The summed E-state index contributed by atoms with van der Waals surface area (Å²) in [6.45, 7) is 3.40. The molecule has 0 saturated heterocycles. The summed E-state index contributed by atoms with van der Waals surface area (Å²) in [5, 5.41) is 7.71. The van der Waals surface area contributed by atoms with Crippen molar-refractivity contribution >= 4 is 48.9 Å². The topological polar surface area (TPSA) is 135 Å². The predicted octanol–water partition coefficient (Wildman–Crippen LogP) is 1.67. The van der Waals surface area contributed by atoms with Crippen LogP contribution in [-0.4, -0.2) is 28.8 Å². The van der Waals surface area contributed by atoms with E-state index in [0.29, 0.717) is 4.88 Å². The van der Waals surface area contributed by atoms with Gasteiger partial charge in [0.25, 0.3) is 5.91 Å². The van der Waals surface area contributed by atoms with E-state index in [0.717, 1.165) is 11.3 Å². The summed E-state index contributed by atoms with van der Waals surface area (Å²) in [4.78, 5) is 12.9. The van der Waals surface area contributed by atoms with E-state index in [2.05, 4.69) is 10.0 Å². The lowest BCUT2D eigenvalue weighted by molar-refractivity contribution is 0.0951. The molecule has 2 aromatic rings. The van der Waals surface area contributed by atoms with Crippen molar-refractivity contribution in [3.05, 3.63) is 45.8 Å². The van der Waals surface area contributed by atoms with Crippen molar-refractivity contribution in [3.8, 4) is 0 Å². The molecule has 0 saturated carbocycles. The fourth-order valence-electron chi connectivity index (χ4n) is 2.09. The SMILES string of the molecule is CC(C)NS(=O)(=O)c1ccc(Cl)c(C(=O)NCc2ccc(S(N)(=O)=O)s2)c1. The zero-order valence-corrected chi connectivity index (χ0v) is 17.6. The van der Waals surface area contributed by atoms with Crippen LogP contribution in [0, 0.1) is 0 Å². The molecule has 0 bridgehead atoms. The molecule has 1 aromatic heterocycles. The second-order valence-corrected chi connectivity index (χ2v) is 10.9. The fourth-order valence-corrected chi connectivity index (χ4v) is 5.29. The van der Waals surface area contributed by atoms with Crippen LogP contribution >= 0.6 is 22.9 Å². The van der Waals surface area contributed by atoms with E-state index in [9.17, 15) is 21.6 Å². The largest absolute Gasteiger partial charge is 0.347 e. The molecule has 148 valence electrons. The third-order valence-electron chi connectivity index (χ3n) is 3.22. The Kier molecular flexibility index (Phi) is 6.66. The predicted molar refractivity (Wildman–Crippen MR) is 104 cm³/mol. The van der Waals surface area contributed by atoms with E-state index in [4.69, 9.17) is 16.7 Å². The van der Waals surface area contributed by atoms with Gasteiger partial charge in [-0.05, 0) is 44.2 Å². The maximum atomic E-state index is 12.4. The van der Waals surface area contributed by atoms with Crippen molar-refractivity contribution in [2.24, 2.45) is 5.14 Å². The maximum Gasteiger partial charge on any atom is 0.253 e. The number of amides is 1. The summed E-state index contributed by atoms with van der Waals surface area (Å²) in [5.41, 5.74) is -0.00785. The lowest BCUT2D eigenvalue weighted by Crippen LogP contribution is -2.30. The highest BCUT2D eigenvalue weighted by molar-refractivity contribution is 7.91. The van der Waals surface area contributed by atoms with Gasteiger partial charge in [0.1, 0.15) is 4.21 Å². The standard InChI is InChI=1S/C15H18ClN3O5S3/c1-9(2)19-27(23,24)11-4-5-13(16)12(7-11)15(20)18-8-10-3-6-14(25-10)26(17,21)22/h3-7,9,19H,8H2,1-2H3,(H,18,20)(H2,17,21,22). The van der Waals surface area contributed by atoms with Gasteiger partial charge in [-0.3, -0.25) is 4.79 Å². The van der Waals surface area contributed by atoms with Crippen LogP contribution in [0.15, 0.2) is 39.4 Å². The van der Waals surface area contributed by atoms with E-state index in [1.165, 1.54) is 30.3 Å². The Bertz CT molecular complexity index is 1060. The Morgan fingerprint density at radius 3 is 2.41 bits per heavy atom. The first-order valence-corrected chi connectivity index (χ1v) is 11.8. The van der Waals surface area contributed by atoms with Gasteiger partial charge in [-0.2, -0.15) is 0 Å². The molecule has 1 heterocycles. The van der Waals surface area contributed by atoms with Crippen LogP contribution in [0.4, 0.5) is 0 Å². The Morgan fingerprint density at radius 1 is 1.19 bits per heavy atom. The van der Waals surface area contributed by atoms with E-state index in [1.54, 1.807) is 13.8 Å². The summed E-state index contributed by atoms with van der Waals surface area (Å²) in [6.07, 6.45) is 0. The van der Waals surface area contributed by atoms with Gasteiger partial charge < -0.3 is 5.32 Å². The molecule has 1 aromatic carbocycles. The first-order valence-electron chi connectivity index (χ1n) is 7.62. The number of hydrogen-bond acceptors (Lipinski definition) is 6. The normalized spacial score (nSPS) is 12.3. The Hall–Kier alpha value is -1.50. The number of nitrogens with two attached hydrogens (primary N) is 1. The summed E-state index contributed by atoms with van der Waals surface area (Å²) in [5.74, 6) is -0.591. The minimum Gasteiger partial charge on any atom is -0.347 e. The molecular formula is C15H18ClN3O5S3. The van der Waals surface area contributed by atoms with E-state index in [1.807, 2.05) is 0 Å². The van der Waals surface area contributed by atoms with Gasteiger partial charge in [0.2, 0.25) is 20.0 Å². The van der Waals surface area contributed by atoms with E-state index < -0.39 is 26.0 Å². The molecule has 4 N–H and O–H groups in total. The van der Waals surface area contributed by atoms with Crippen molar-refractivity contribution in [1.82, 2.24) is 10.0 Å². The first kappa shape index (κ1) is 21.8. The molecule has 0 atom stereocenters. The van der Waals surface area contributed by atoms with Crippen molar-refractivity contribution in [2.45, 2.75) is 35.5 Å². The van der Waals surface area contributed by atoms with E-state index in [-0.39, 0.29) is 32.3 Å². The summed E-state index contributed by atoms with van der Waals surface area (Å²) in [6, 6.07) is 6.39. The smallest absolute Gasteiger partial charge is 0.253 e. The minimum absolute atomic E-state index is 0.00785. The van der Waals surface area contributed by atoms with Crippen molar-refractivity contribution in [2.75, 3.05) is 0 Å². The van der Waals surface area contributed by atoms with Gasteiger partial charge in [0.15, 0.2) is 0 Å². The van der Waals surface area contributed by atoms with Crippen LogP contribution in [0.3, 0.4) is 0 Å². The van der Waals surface area contributed by atoms with Gasteiger partial charge in [-0.25, -0.2) is 26.7 Å². The Morgan fingerprint density at radius 2 is 1.85 bits per heavy atom. The molecular weight excluding hydrogens is 434 g/mol. The second kappa shape index (κ2) is 8.25. The quantitative estimate of drug-likeness (QED) is 0.588. The number of carbonyl (C=O) groups excluding carboxylic acids is 1. The summed E-state index contributed by atoms with van der Waals surface area (Å²) < 4.78 is 49.5. The zero-order valence-electron chi connectivity index (χ0n) is 14.4. The van der Waals surface area contributed by atoms with Crippen molar-refractivity contribution in [3.63, 3.8) is 0 Å². The highest BCUT2D eigenvalue weighted by Crippen LogP contribution is 2.22. The molecule has 0 unspecified atom stereocenters. The average molecular weight is 452 g/mol. The molecule has 0 radical (unpaired) electrons. The van der Waals surface area contributed by atoms with Crippen molar-refractivity contribution in [1.29, 1.82) is 0 Å². The second-order valence-electron chi connectivity index (χ2n) is 5.87. The summed E-state index contributed by atoms with van der Waals surface area (Å²) >= 11 is 6.95. The monoisotopic (exact) mass is 451 g/mol. The molecule has 2 rings (SSSR count). The number of sulfonamides is 2. The third kappa shape index (κ3) is 5.74. The van der Waals surface area contributed by atoms with Crippen LogP contribution in [0.1, 0.15) is 29.1 Å². The molecule has 8 nitrogen and oxygen atoms in total. The average Bonchev–Trinajstić information content (AvgIpc) is 3.00. The lowest BCUT2D eigenvalue weighted by atomic mass is 10.2. The molecule has 12 heteroatoms. The number of nitrogens with one attached hydrogen (secondary N) is 2. The fraction of sp³-hybridized carbons (Fsp3) is 0.267. The number of halogens is 1. The Balaban J connectivity index is 2.19. The van der Waals surface area contributed by atoms with E-state index >= 15 is 0 Å². The van der Waals surface area contributed by atoms with Crippen LogP contribution in [0.25, 0.3) is 0 Å². The number of primary sulfonamides is 1. The van der Waals surface area contributed by atoms with Gasteiger partial charge in [-0.1, -0.05) is 11.6 Å². The molecule has 0 aliphatic carbocycles. The van der Waals surface area contributed by atoms with Gasteiger partial charge in [0.05, 0.1) is 22.0 Å². The first-order chi connectivity index (χ1) is 12.4. The summed E-state index contributed by atoms with van der Waals surface area (Å²) in [7, 11) is -7.58. The third-order valence-corrected chi connectivity index (χ3v) is 7.73. The van der Waals surface area contributed by atoms with Crippen LogP contribution in [0.5, 0.6) is 0 Å². The number of thiophene rings is 1. The molecule has 1 amide bonds. The molecule has 27 heavy (non-hydrogen) atoms. The van der Waals surface area contributed by atoms with Gasteiger partial charge >= 0.3 is 0 Å². The number of benzene rings is 1. The minimum atomic E-state index is -3.80. The van der Waals surface area contributed by atoms with Crippen molar-refractivity contribution < 1.29 is 21.6 Å². The zero-order chi connectivity index (χ0) is 20.4.